The normalized spacial score (nSPS) is 17.0. The van der Waals surface area contributed by atoms with E-state index in [4.69, 9.17) is 4.74 Å². The van der Waals surface area contributed by atoms with E-state index in [2.05, 4.69) is 21.0 Å². The van der Waals surface area contributed by atoms with Gasteiger partial charge in [-0.25, -0.2) is 9.07 Å². The van der Waals surface area contributed by atoms with Gasteiger partial charge >= 0.3 is 0 Å². The van der Waals surface area contributed by atoms with E-state index in [0.717, 1.165) is 22.5 Å². The number of rotatable bonds is 5. The zero-order valence-electron chi connectivity index (χ0n) is 13.0. The fourth-order valence-corrected chi connectivity index (χ4v) is 3.43. The van der Waals surface area contributed by atoms with Gasteiger partial charge in [-0.15, -0.1) is 5.10 Å². The van der Waals surface area contributed by atoms with Crippen LogP contribution in [0.5, 0.6) is 0 Å². The molecule has 1 aromatic carbocycles. The molecule has 0 saturated carbocycles. The molecule has 0 bridgehead atoms. The highest BCUT2D eigenvalue weighted by atomic mass is 32.1. The summed E-state index contributed by atoms with van der Waals surface area (Å²) < 4.78 is 20.8. The van der Waals surface area contributed by atoms with Crippen LogP contribution in [0.15, 0.2) is 41.1 Å². The molecule has 0 amide bonds. The molecule has 2 aromatic heterocycles. The molecule has 4 rings (SSSR count). The molecule has 0 spiro atoms. The number of hydrogen-bond donors (Lipinski definition) is 1. The molecule has 0 radical (unpaired) electrons. The summed E-state index contributed by atoms with van der Waals surface area (Å²) in [6, 6.07) is 8.56. The van der Waals surface area contributed by atoms with E-state index in [0.29, 0.717) is 26.2 Å². The monoisotopic (exact) mass is 344 g/mol. The van der Waals surface area contributed by atoms with Crippen molar-refractivity contribution >= 4 is 11.3 Å². The molecule has 1 aliphatic rings. The molecule has 1 atom stereocenters. The van der Waals surface area contributed by atoms with Gasteiger partial charge in [0, 0.05) is 24.0 Å². The molecule has 1 aliphatic heterocycles. The Morgan fingerprint density at radius 2 is 2.17 bits per heavy atom. The second kappa shape index (κ2) is 6.80. The molecule has 0 unspecified atom stereocenters. The van der Waals surface area contributed by atoms with E-state index >= 15 is 0 Å². The second-order valence-corrected chi connectivity index (χ2v) is 6.55. The third-order valence-corrected chi connectivity index (χ3v) is 4.76. The van der Waals surface area contributed by atoms with Gasteiger partial charge in [-0.1, -0.05) is 17.3 Å². The number of benzene rings is 1. The number of nitrogens with zero attached hydrogens (tertiary/aromatic N) is 3. The van der Waals surface area contributed by atoms with Crippen LogP contribution in [-0.4, -0.2) is 27.6 Å². The van der Waals surface area contributed by atoms with Crippen LogP contribution in [0.25, 0.3) is 11.3 Å². The van der Waals surface area contributed by atoms with Crippen LogP contribution in [0.2, 0.25) is 0 Å². The number of ether oxygens (including phenoxy) is 1. The number of aromatic nitrogens is 3. The largest absolute Gasteiger partial charge is 0.369 e. The van der Waals surface area contributed by atoms with Crippen LogP contribution < -0.4 is 5.32 Å². The van der Waals surface area contributed by atoms with Crippen LogP contribution in [0.4, 0.5) is 4.39 Å². The zero-order chi connectivity index (χ0) is 16.4. The van der Waals surface area contributed by atoms with Gasteiger partial charge in [0.1, 0.15) is 11.5 Å². The zero-order valence-corrected chi connectivity index (χ0v) is 13.8. The van der Waals surface area contributed by atoms with Crippen LogP contribution in [0.1, 0.15) is 11.3 Å². The van der Waals surface area contributed by atoms with Gasteiger partial charge < -0.3 is 10.1 Å². The van der Waals surface area contributed by atoms with Gasteiger partial charge in [0.15, 0.2) is 0 Å². The number of halogens is 1. The lowest BCUT2D eigenvalue weighted by Crippen LogP contribution is -2.36. The first-order chi connectivity index (χ1) is 11.8. The van der Waals surface area contributed by atoms with Crippen molar-refractivity contribution in [1.29, 1.82) is 0 Å². The van der Waals surface area contributed by atoms with Crippen LogP contribution in [-0.2, 0) is 24.4 Å². The van der Waals surface area contributed by atoms with E-state index in [1.807, 2.05) is 16.1 Å². The third kappa shape index (κ3) is 3.24. The quantitative estimate of drug-likeness (QED) is 0.773. The molecule has 0 aliphatic carbocycles. The second-order valence-electron chi connectivity index (χ2n) is 5.77. The minimum atomic E-state index is -0.213. The van der Waals surface area contributed by atoms with E-state index in [9.17, 15) is 4.39 Å². The summed E-state index contributed by atoms with van der Waals surface area (Å²) in [7, 11) is 0. The molecular weight excluding hydrogens is 327 g/mol. The lowest BCUT2D eigenvalue weighted by molar-refractivity contribution is 0.00125. The SMILES string of the molecule is Fc1ccc(CNC[C@H]2Cn3nnc(-c4ccsc4)c3CO2)cc1. The van der Waals surface area contributed by atoms with Gasteiger partial charge in [0.2, 0.25) is 0 Å². The molecule has 0 saturated heterocycles. The maximum atomic E-state index is 12.9. The average Bonchev–Trinajstić information content (AvgIpc) is 3.25. The molecular formula is C17H17FN4OS. The molecule has 5 nitrogen and oxygen atoms in total. The summed E-state index contributed by atoms with van der Waals surface area (Å²) >= 11 is 1.65. The summed E-state index contributed by atoms with van der Waals surface area (Å²) in [6.45, 7) is 2.60. The van der Waals surface area contributed by atoms with Crippen molar-refractivity contribution in [3.05, 3.63) is 58.2 Å². The average molecular weight is 344 g/mol. The van der Waals surface area contributed by atoms with Crippen molar-refractivity contribution < 1.29 is 9.13 Å². The first-order valence-corrected chi connectivity index (χ1v) is 8.75. The van der Waals surface area contributed by atoms with Crippen molar-refractivity contribution in [2.75, 3.05) is 6.54 Å². The van der Waals surface area contributed by atoms with Crippen molar-refractivity contribution in [1.82, 2.24) is 20.3 Å². The number of fused-ring (bicyclic) bond motifs is 1. The molecule has 7 heteroatoms. The predicted octanol–water partition coefficient (Wildman–Crippen LogP) is 2.83. The van der Waals surface area contributed by atoms with Crippen molar-refractivity contribution in [2.24, 2.45) is 0 Å². The lowest BCUT2D eigenvalue weighted by atomic mass is 10.2. The Labute approximate surface area is 143 Å². The Hall–Kier alpha value is -2.09. The summed E-state index contributed by atoms with van der Waals surface area (Å²) in [4.78, 5) is 0. The summed E-state index contributed by atoms with van der Waals surface area (Å²) in [5, 5.41) is 16.0. The van der Waals surface area contributed by atoms with E-state index < -0.39 is 0 Å². The van der Waals surface area contributed by atoms with Crippen LogP contribution >= 0.6 is 11.3 Å². The fourth-order valence-electron chi connectivity index (χ4n) is 2.79. The molecule has 3 aromatic rings. The van der Waals surface area contributed by atoms with Gasteiger partial charge in [-0.05, 0) is 29.1 Å². The van der Waals surface area contributed by atoms with E-state index in [1.165, 1.54) is 12.1 Å². The van der Waals surface area contributed by atoms with Crippen LogP contribution in [0, 0.1) is 5.82 Å². The predicted molar refractivity (Wildman–Crippen MR) is 90.0 cm³/mol. The lowest BCUT2D eigenvalue weighted by Gasteiger charge is -2.24. The van der Waals surface area contributed by atoms with Gasteiger partial charge in [-0.3, -0.25) is 0 Å². The highest BCUT2D eigenvalue weighted by Crippen LogP contribution is 2.26. The maximum Gasteiger partial charge on any atom is 0.123 e. The Morgan fingerprint density at radius 1 is 1.29 bits per heavy atom. The number of hydrogen-bond acceptors (Lipinski definition) is 5. The van der Waals surface area contributed by atoms with Gasteiger partial charge in [-0.2, -0.15) is 11.3 Å². The fraction of sp³-hybridized carbons (Fsp3) is 0.294. The Morgan fingerprint density at radius 3 is 2.96 bits per heavy atom. The van der Waals surface area contributed by atoms with Crippen molar-refractivity contribution in [3.63, 3.8) is 0 Å². The Kier molecular flexibility index (Phi) is 4.38. The highest BCUT2D eigenvalue weighted by molar-refractivity contribution is 7.08. The van der Waals surface area contributed by atoms with Gasteiger partial charge in [0.05, 0.1) is 24.9 Å². The molecule has 24 heavy (non-hydrogen) atoms. The topological polar surface area (TPSA) is 52.0 Å². The third-order valence-electron chi connectivity index (χ3n) is 4.08. The van der Waals surface area contributed by atoms with E-state index in [-0.39, 0.29) is 11.9 Å². The molecule has 0 fully saturated rings. The molecule has 3 heterocycles. The first-order valence-electron chi connectivity index (χ1n) is 7.81. The Bertz CT molecular complexity index is 801. The Balaban J connectivity index is 1.34. The molecule has 1 N–H and O–H groups in total. The first kappa shape index (κ1) is 15.4. The number of thiophene rings is 1. The van der Waals surface area contributed by atoms with Gasteiger partial charge in [0.25, 0.3) is 0 Å². The number of nitrogens with one attached hydrogen (secondary N) is 1. The highest BCUT2D eigenvalue weighted by Gasteiger charge is 2.24. The van der Waals surface area contributed by atoms with E-state index in [1.54, 1.807) is 23.5 Å². The minimum absolute atomic E-state index is 0.0509. The molecule has 124 valence electrons. The summed E-state index contributed by atoms with van der Waals surface area (Å²) in [6.07, 6.45) is 0.0509. The van der Waals surface area contributed by atoms with Crippen molar-refractivity contribution in [2.45, 2.75) is 25.8 Å². The standard InChI is InChI=1S/C17H17FN4OS/c18-14-3-1-12(2-4-14)7-19-8-15-9-22-16(10-23-15)17(20-21-22)13-5-6-24-11-13/h1-6,11,15,19H,7-10H2/t15-/m0/s1. The summed E-state index contributed by atoms with van der Waals surface area (Å²) in [5.41, 5.74) is 4.09. The van der Waals surface area contributed by atoms with Crippen LogP contribution in [0.3, 0.4) is 0 Å². The summed E-state index contributed by atoms with van der Waals surface area (Å²) in [5.74, 6) is -0.213. The maximum absolute atomic E-state index is 12.9. The minimum Gasteiger partial charge on any atom is -0.369 e. The van der Waals surface area contributed by atoms with Crippen molar-refractivity contribution in [3.8, 4) is 11.3 Å². The smallest absolute Gasteiger partial charge is 0.123 e.